The fourth-order valence-corrected chi connectivity index (χ4v) is 3.41. The maximum atomic E-state index is 13.8. The van der Waals surface area contributed by atoms with Crippen molar-refractivity contribution in [2.75, 3.05) is 31.1 Å². The predicted molar refractivity (Wildman–Crippen MR) is 83.5 cm³/mol. The maximum absolute atomic E-state index is 13.8. The van der Waals surface area contributed by atoms with Crippen LogP contribution in [0.4, 0.5) is 4.39 Å². The Morgan fingerprint density at radius 1 is 1.29 bits per heavy atom. The molecule has 0 atom stereocenters. The lowest BCUT2D eigenvalue weighted by atomic mass is 10.2. The zero-order valence-electron chi connectivity index (χ0n) is 12.1. The Labute approximate surface area is 128 Å². The number of aromatic nitrogens is 3. The van der Waals surface area contributed by atoms with Crippen molar-refractivity contribution in [2.45, 2.75) is 13.3 Å². The summed E-state index contributed by atoms with van der Waals surface area (Å²) >= 11 is 2.01. The van der Waals surface area contributed by atoms with E-state index in [1.165, 1.54) is 22.3 Å². The lowest BCUT2D eigenvalue weighted by molar-refractivity contribution is 0.305. The largest absolute Gasteiger partial charge is 0.301 e. The van der Waals surface area contributed by atoms with Gasteiger partial charge in [-0.05, 0) is 24.6 Å². The number of halogens is 1. The predicted octanol–water partition coefficient (Wildman–Crippen LogP) is 2.31. The van der Waals surface area contributed by atoms with Crippen molar-refractivity contribution < 1.29 is 4.39 Å². The number of aryl methyl sites for hydroxylation is 1. The van der Waals surface area contributed by atoms with E-state index in [-0.39, 0.29) is 5.82 Å². The minimum atomic E-state index is -0.273. The van der Waals surface area contributed by atoms with Crippen LogP contribution < -0.4 is 0 Å². The first-order chi connectivity index (χ1) is 10.2. The molecule has 21 heavy (non-hydrogen) atoms. The van der Waals surface area contributed by atoms with Crippen molar-refractivity contribution in [1.29, 1.82) is 0 Å². The van der Waals surface area contributed by atoms with Crippen molar-refractivity contribution in [3.05, 3.63) is 41.5 Å². The van der Waals surface area contributed by atoms with Gasteiger partial charge in [-0.3, -0.25) is 0 Å². The van der Waals surface area contributed by atoms with Crippen molar-refractivity contribution in [3.63, 3.8) is 0 Å². The van der Waals surface area contributed by atoms with Crippen molar-refractivity contribution >= 4 is 11.8 Å². The Balaban J connectivity index is 1.66. The molecule has 2 heterocycles. The molecule has 3 rings (SSSR count). The summed E-state index contributed by atoms with van der Waals surface area (Å²) in [6, 6.07) is 5.01. The first-order valence-electron chi connectivity index (χ1n) is 7.20. The quantitative estimate of drug-likeness (QED) is 0.868. The van der Waals surface area contributed by atoms with Crippen LogP contribution in [0.25, 0.3) is 5.69 Å². The van der Waals surface area contributed by atoms with E-state index in [9.17, 15) is 4.39 Å². The van der Waals surface area contributed by atoms with Gasteiger partial charge in [-0.2, -0.15) is 11.8 Å². The second-order valence-corrected chi connectivity index (χ2v) is 6.54. The zero-order chi connectivity index (χ0) is 14.7. The van der Waals surface area contributed by atoms with Gasteiger partial charge in [0.2, 0.25) is 0 Å². The first-order valence-corrected chi connectivity index (χ1v) is 8.36. The topological polar surface area (TPSA) is 34.0 Å². The molecule has 1 aliphatic heterocycles. The van der Waals surface area contributed by atoms with E-state index >= 15 is 0 Å². The van der Waals surface area contributed by atoms with Crippen LogP contribution in [0.15, 0.2) is 24.4 Å². The molecule has 4 nitrogen and oxygen atoms in total. The molecule has 0 saturated carbocycles. The Morgan fingerprint density at radius 3 is 2.90 bits per heavy atom. The molecule has 0 radical (unpaired) electrons. The third kappa shape index (κ3) is 3.63. The monoisotopic (exact) mass is 306 g/mol. The van der Waals surface area contributed by atoms with Gasteiger partial charge in [0.1, 0.15) is 11.5 Å². The van der Waals surface area contributed by atoms with Crippen LogP contribution in [-0.2, 0) is 6.42 Å². The molecule has 0 bridgehead atoms. The molecule has 0 spiro atoms. The lowest BCUT2D eigenvalue weighted by Gasteiger charge is -2.25. The Hall–Kier alpha value is -1.40. The molecule has 1 saturated heterocycles. The van der Waals surface area contributed by atoms with Gasteiger partial charge in [0.25, 0.3) is 0 Å². The van der Waals surface area contributed by atoms with Crippen molar-refractivity contribution in [1.82, 2.24) is 19.9 Å². The maximum Gasteiger partial charge on any atom is 0.148 e. The molecule has 1 aromatic heterocycles. The third-order valence-corrected chi connectivity index (χ3v) is 4.62. The molecular weight excluding hydrogens is 287 g/mol. The fourth-order valence-electron chi connectivity index (χ4n) is 2.43. The number of hydrogen-bond acceptors (Lipinski definition) is 4. The average molecular weight is 306 g/mol. The van der Waals surface area contributed by atoms with E-state index in [0.29, 0.717) is 5.69 Å². The zero-order valence-corrected chi connectivity index (χ0v) is 12.9. The average Bonchev–Trinajstić information content (AvgIpc) is 2.97. The van der Waals surface area contributed by atoms with E-state index in [4.69, 9.17) is 0 Å². The molecule has 112 valence electrons. The summed E-state index contributed by atoms with van der Waals surface area (Å²) < 4.78 is 15.4. The van der Waals surface area contributed by atoms with Crippen LogP contribution >= 0.6 is 11.8 Å². The van der Waals surface area contributed by atoms with Gasteiger partial charge in [-0.25, -0.2) is 9.07 Å². The summed E-state index contributed by atoms with van der Waals surface area (Å²) in [5.74, 6) is 2.15. The van der Waals surface area contributed by atoms with Crippen LogP contribution in [0.2, 0.25) is 0 Å². The van der Waals surface area contributed by atoms with E-state index < -0.39 is 0 Å². The number of benzene rings is 1. The molecule has 1 aromatic carbocycles. The van der Waals surface area contributed by atoms with Gasteiger partial charge in [0.15, 0.2) is 0 Å². The summed E-state index contributed by atoms with van der Waals surface area (Å²) in [6.45, 7) is 5.22. The second-order valence-electron chi connectivity index (χ2n) is 5.31. The van der Waals surface area contributed by atoms with Gasteiger partial charge in [-0.1, -0.05) is 11.3 Å². The van der Waals surface area contributed by atoms with Crippen LogP contribution in [-0.4, -0.2) is 51.0 Å². The van der Waals surface area contributed by atoms with E-state index in [0.717, 1.165) is 37.3 Å². The molecule has 0 unspecified atom stereocenters. The van der Waals surface area contributed by atoms with Gasteiger partial charge >= 0.3 is 0 Å². The van der Waals surface area contributed by atoms with Crippen LogP contribution in [0.5, 0.6) is 0 Å². The Bertz CT molecular complexity index is 607. The lowest BCUT2D eigenvalue weighted by Crippen LogP contribution is -2.34. The molecule has 0 N–H and O–H groups in total. The third-order valence-electron chi connectivity index (χ3n) is 3.68. The molecule has 2 aromatic rings. The molecule has 6 heteroatoms. The highest BCUT2D eigenvalue weighted by Crippen LogP contribution is 2.15. The van der Waals surface area contributed by atoms with E-state index in [2.05, 4.69) is 15.2 Å². The summed E-state index contributed by atoms with van der Waals surface area (Å²) in [7, 11) is 0. The molecule has 1 fully saturated rings. The van der Waals surface area contributed by atoms with Gasteiger partial charge in [0.05, 0.1) is 11.9 Å². The van der Waals surface area contributed by atoms with Gasteiger partial charge < -0.3 is 4.90 Å². The Kier molecular flexibility index (Phi) is 4.55. The normalized spacial score (nSPS) is 16.3. The molecule has 0 aliphatic carbocycles. The van der Waals surface area contributed by atoms with Crippen molar-refractivity contribution in [3.8, 4) is 5.69 Å². The molecular formula is C15H19FN4S. The smallest absolute Gasteiger partial charge is 0.148 e. The minimum Gasteiger partial charge on any atom is -0.301 e. The number of thioether (sulfide) groups is 1. The fraction of sp³-hybridized carbons (Fsp3) is 0.467. The first kappa shape index (κ1) is 14.5. The van der Waals surface area contributed by atoms with Crippen LogP contribution in [0.1, 0.15) is 11.3 Å². The highest BCUT2D eigenvalue weighted by molar-refractivity contribution is 7.99. The van der Waals surface area contributed by atoms with E-state index in [1.54, 1.807) is 12.1 Å². The number of rotatable bonds is 4. The highest BCUT2D eigenvalue weighted by Gasteiger charge is 2.12. The van der Waals surface area contributed by atoms with Crippen LogP contribution in [0.3, 0.4) is 0 Å². The highest BCUT2D eigenvalue weighted by atomic mass is 32.2. The summed E-state index contributed by atoms with van der Waals surface area (Å²) in [5.41, 5.74) is 2.38. The van der Waals surface area contributed by atoms with Gasteiger partial charge in [0, 0.05) is 37.6 Å². The SMILES string of the molecule is Cc1ccc(F)c(-n2cc(CCN3CCSCC3)nn2)c1. The number of hydrogen-bond donors (Lipinski definition) is 0. The number of nitrogens with zero attached hydrogens (tertiary/aromatic N) is 4. The Morgan fingerprint density at radius 2 is 2.10 bits per heavy atom. The van der Waals surface area contributed by atoms with Crippen molar-refractivity contribution in [2.24, 2.45) is 0 Å². The van der Waals surface area contributed by atoms with E-state index in [1.807, 2.05) is 24.9 Å². The minimum absolute atomic E-state index is 0.273. The standard InChI is InChI=1S/C15H19FN4S/c1-12-2-3-14(16)15(10-12)20-11-13(17-18-20)4-5-19-6-8-21-9-7-19/h2-3,10-11H,4-9H2,1H3. The molecule has 0 amide bonds. The molecule has 1 aliphatic rings. The van der Waals surface area contributed by atoms with Gasteiger partial charge in [-0.15, -0.1) is 5.10 Å². The summed E-state index contributed by atoms with van der Waals surface area (Å²) in [5, 5.41) is 8.22. The summed E-state index contributed by atoms with van der Waals surface area (Å²) in [4.78, 5) is 2.45. The second kappa shape index (κ2) is 6.58. The summed E-state index contributed by atoms with van der Waals surface area (Å²) in [6.07, 6.45) is 2.69. The van der Waals surface area contributed by atoms with Crippen LogP contribution in [0, 0.1) is 12.7 Å².